The molecule has 0 unspecified atom stereocenters. The molecule has 0 radical (unpaired) electrons. The van der Waals surface area contributed by atoms with Crippen LogP contribution in [-0.4, -0.2) is 41.3 Å². The Hall–Kier alpha value is -2.27. The van der Waals surface area contributed by atoms with Gasteiger partial charge in [0, 0.05) is 25.7 Å². The summed E-state index contributed by atoms with van der Waals surface area (Å²) in [7, 11) is 3.23. The van der Waals surface area contributed by atoms with Crippen LogP contribution in [0.4, 0.5) is 4.39 Å². The average Bonchev–Trinajstić information content (AvgIpc) is 3.09. The summed E-state index contributed by atoms with van der Waals surface area (Å²) in [6, 6.07) is 7.22. The van der Waals surface area contributed by atoms with E-state index in [-0.39, 0.29) is 59.0 Å². The van der Waals surface area contributed by atoms with Gasteiger partial charge in [0.1, 0.15) is 29.5 Å². The van der Waals surface area contributed by atoms with Gasteiger partial charge in [-0.25, -0.2) is 13.9 Å². The Morgan fingerprint density at radius 3 is 2.46 bits per heavy atom. The molecule has 2 aromatic heterocycles. The van der Waals surface area contributed by atoms with Gasteiger partial charge in [0.2, 0.25) is 5.88 Å². The minimum atomic E-state index is -1.09. The zero-order valence-corrected chi connectivity index (χ0v) is 16.4. The van der Waals surface area contributed by atoms with Crippen LogP contribution in [0.25, 0.3) is 11.3 Å². The maximum atomic E-state index is 13.1. The summed E-state index contributed by atoms with van der Waals surface area (Å²) in [6.07, 6.45) is 0. The summed E-state index contributed by atoms with van der Waals surface area (Å²) in [4.78, 5) is 11.0. The third-order valence-corrected chi connectivity index (χ3v) is 3.49. The van der Waals surface area contributed by atoms with Crippen molar-refractivity contribution in [2.45, 2.75) is 6.61 Å². The molecule has 2 N–H and O–H groups in total. The largest absolute Gasteiger partial charge is 1.00 e. The second-order valence-corrected chi connectivity index (χ2v) is 5.10. The second kappa shape index (κ2) is 8.90. The molecule has 0 aliphatic rings. The zero-order chi connectivity index (χ0) is 17.3. The van der Waals surface area contributed by atoms with Gasteiger partial charge in [0.15, 0.2) is 0 Å². The van der Waals surface area contributed by atoms with Crippen molar-refractivity contribution >= 4 is 5.97 Å². The van der Waals surface area contributed by atoms with Crippen LogP contribution in [0, 0.1) is 5.82 Å². The number of benzene rings is 1. The van der Waals surface area contributed by atoms with Crippen LogP contribution in [0.3, 0.4) is 0 Å². The molecule has 1 aromatic carbocycles. The first-order chi connectivity index (χ1) is 11.5. The smallest absolute Gasteiger partial charge is 0.870 e. The van der Waals surface area contributed by atoms with Crippen LogP contribution in [0.2, 0.25) is 0 Å². The minimum Gasteiger partial charge on any atom is -0.870 e. The topological polar surface area (TPSA) is 125 Å². The number of hydrogen-bond acceptors (Lipinski definition) is 6. The Kier molecular flexibility index (Phi) is 7.45. The van der Waals surface area contributed by atoms with Gasteiger partial charge in [0.25, 0.3) is 0 Å². The molecule has 9 nitrogen and oxygen atoms in total. The molecule has 0 aliphatic carbocycles. The molecule has 26 heavy (non-hydrogen) atoms. The summed E-state index contributed by atoms with van der Waals surface area (Å²) in [5.74, 6) is -1.25. The van der Waals surface area contributed by atoms with E-state index in [1.165, 1.54) is 29.9 Å². The number of aromatic nitrogens is 5. The van der Waals surface area contributed by atoms with Gasteiger partial charge in [-0.2, -0.15) is 0 Å². The predicted octanol–water partition coefficient (Wildman–Crippen LogP) is -1.54. The number of rotatable bonds is 5. The molecule has 0 saturated heterocycles. The van der Waals surface area contributed by atoms with E-state index in [1.54, 1.807) is 23.9 Å². The van der Waals surface area contributed by atoms with Crippen LogP contribution in [0.1, 0.15) is 16.2 Å². The number of aryl methyl sites for hydroxylation is 2. The van der Waals surface area contributed by atoms with E-state index in [4.69, 9.17) is 9.84 Å². The Morgan fingerprint density at radius 2 is 1.88 bits per heavy atom. The summed E-state index contributed by atoms with van der Waals surface area (Å²) in [5.41, 5.74) is 1.94. The van der Waals surface area contributed by atoms with E-state index in [1.807, 2.05) is 0 Å². The summed E-state index contributed by atoms with van der Waals surface area (Å²) in [6.45, 7) is 0.0896. The minimum absolute atomic E-state index is 0. The first kappa shape index (κ1) is 21.8. The van der Waals surface area contributed by atoms with E-state index >= 15 is 0 Å². The van der Waals surface area contributed by atoms with Crippen molar-refractivity contribution in [3.8, 4) is 17.1 Å². The Balaban J connectivity index is 0.00000169. The van der Waals surface area contributed by atoms with E-state index in [0.29, 0.717) is 17.0 Å². The molecule has 0 fully saturated rings. The normalized spacial score (nSPS) is 9.96. The van der Waals surface area contributed by atoms with Crippen molar-refractivity contribution in [2.75, 3.05) is 0 Å². The van der Waals surface area contributed by atoms with Crippen molar-refractivity contribution in [2.24, 2.45) is 14.1 Å². The maximum Gasteiger partial charge on any atom is 1.00 e. The van der Waals surface area contributed by atoms with Crippen molar-refractivity contribution < 1.29 is 54.1 Å². The number of nitrogens with zero attached hydrogens (tertiary/aromatic N) is 5. The summed E-state index contributed by atoms with van der Waals surface area (Å²) in [5, 5.41) is 21.0. The molecule has 3 aromatic rings. The fourth-order valence-corrected chi connectivity index (χ4v) is 2.22. The number of ether oxygens (including phenoxy) is 1. The van der Waals surface area contributed by atoms with Gasteiger partial charge in [-0.3, -0.25) is 4.68 Å². The molecule has 2 heterocycles. The van der Waals surface area contributed by atoms with Crippen LogP contribution in [-0.2, 0) is 20.7 Å². The van der Waals surface area contributed by atoms with Crippen molar-refractivity contribution in [3.05, 3.63) is 47.5 Å². The Bertz CT molecular complexity index is 894. The van der Waals surface area contributed by atoms with E-state index in [2.05, 4.69) is 15.4 Å². The Labute approximate surface area is 170 Å². The third-order valence-electron chi connectivity index (χ3n) is 3.49. The zero-order valence-electron chi connectivity index (χ0n) is 14.4. The monoisotopic (exact) mass is 371 g/mol. The molecule has 0 spiro atoms. The third kappa shape index (κ3) is 4.47. The number of carboxylic acid groups (broad SMARTS) is 1. The van der Waals surface area contributed by atoms with Gasteiger partial charge in [-0.1, -0.05) is 5.21 Å². The fourth-order valence-electron chi connectivity index (χ4n) is 2.22. The predicted molar refractivity (Wildman–Crippen MR) is 82.8 cm³/mol. The van der Waals surface area contributed by atoms with Gasteiger partial charge < -0.3 is 15.3 Å². The van der Waals surface area contributed by atoms with Crippen LogP contribution in [0.5, 0.6) is 5.88 Å². The van der Waals surface area contributed by atoms with Crippen molar-refractivity contribution in [1.29, 1.82) is 0 Å². The number of halogens is 1. The van der Waals surface area contributed by atoms with Crippen LogP contribution >= 0.6 is 0 Å². The number of carboxylic acids is 1. The van der Waals surface area contributed by atoms with E-state index in [0.717, 1.165) is 0 Å². The SMILES string of the molecule is Cn1nc(OCc2c(-c3ccc(F)cc3)nnn2C)cc1C(=O)O.[Na+].[OH-]. The molecule has 0 atom stereocenters. The van der Waals surface area contributed by atoms with Crippen LogP contribution < -0.4 is 34.3 Å². The summed E-state index contributed by atoms with van der Waals surface area (Å²) < 4.78 is 21.4. The van der Waals surface area contributed by atoms with E-state index < -0.39 is 5.97 Å². The maximum absolute atomic E-state index is 13.1. The molecular formula is C15H15FN5NaO4. The Morgan fingerprint density at radius 1 is 1.23 bits per heavy atom. The molecule has 0 aliphatic heterocycles. The molecule has 0 saturated carbocycles. The molecule has 11 heteroatoms. The van der Waals surface area contributed by atoms with Crippen LogP contribution in [0.15, 0.2) is 30.3 Å². The molecule has 0 amide bonds. The van der Waals surface area contributed by atoms with Gasteiger partial charge in [0.05, 0.1) is 0 Å². The molecule has 3 rings (SSSR count). The van der Waals surface area contributed by atoms with E-state index in [9.17, 15) is 9.18 Å². The van der Waals surface area contributed by atoms with Crippen molar-refractivity contribution in [3.63, 3.8) is 0 Å². The molecular weight excluding hydrogens is 356 g/mol. The second-order valence-electron chi connectivity index (χ2n) is 5.10. The molecule has 132 valence electrons. The first-order valence-electron chi connectivity index (χ1n) is 7.00. The molecule has 0 bridgehead atoms. The van der Waals surface area contributed by atoms with Gasteiger partial charge >= 0.3 is 35.5 Å². The fraction of sp³-hybridized carbons (Fsp3) is 0.200. The average molecular weight is 371 g/mol. The standard InChI is InChI=1S/C15H14FN5O3.Na.H2O/c1-20-11(15(22)23)7-13(18-20)24-8-12-14(17-19-21(12)2)9-3-5-10(16)6-4-9;;/h3-7H,8H2,1-2H3,(H,22,23);;1H2/q;+1;/p-1. The summed E-state index contributed by atoms with van der Waals surface area (Å²) >= 11 is 0. The number of carbonyl (C=O) groups is 1. The van der Waals surface area contributed by atoms with Gasteiger partial charge in [-0.05, 0) is 24.3 Å². The number of aromatic carboxylic acids is 1. The first-order valence-corrected chi connectivity index (χ1v) is 7.00. The van der Waals surface area contributed by atoms with Gasteiger partial charge in [-0.15, -0.1) is 10.2 Å². The number of hydrogen-bond donors (Lipinski definition) is 1. The van der Waals surface area contributed by atoms with Crippen molar-refractivity contribution in [1.82, 2.24) is 24.8 Å². The quantitative estimate of drug-likeness (QED) is 0.539.